The third-order valence-corrected chi connectivity index (χ3v) is 3.20. The summed E-state index contributed by atoms with van der Waals surface area (Å²) in [5.41, 5.74) is 1.11. The van der Waals surface area contributed by atoms with Crippen LogP contribution in [0.15, 0.2) is 34.9 Å². The van der Waals surface area contributed by atoms with Gasteiger partial charge in [-0.1, -0.05) is 29.8 Å². The lowest BCUT2D eigenvalue weighted by molar-refractivity contribution is -0.122. The van der Waals surface area contributed by atoms with Crippen molar-refractivity contribution in [3.63, 3.8) is 0 Å². The molecule has 2 rings (SSSR count). The van der Waals surface area contributed by atoms with Crippen molar-refractivity contribution in [2.75, 3.05) is 0 Å². The molecule has 1 heterocycles. The predicted octanol–water partition coefficient (Wildman–Crippen LogP) is 3.63. The summed E-state index contributed by atoms with van der Waals surface area (Å²) in [5, 5.41) is 1.16. The van der Waals surface area contributed by atoms with Crippen molar-refractivity contribution in [1.82, 2.24) is 4.57 Å². The summed E-state index contributed by atoms with van der Waals surface area (Å²) < 4.78 is 3.07. The van der Waals surface area contributed by atoms with E-state index in [0.717, 1.165) is 15.4 Å². The first-order valence-corrected chi connectivity index (χ1v) is 6.14. The highest BCUT2D eigenvalue weighted by atomic mass is 79.9. The fourth-order valence-electron chi connectivity index (χ4n) is 1.66. The molecule has 0 aliphatic rings. The van der Waals surface area contributed by atoms with Crippen molar-refractivity contribution in [1.29, 1.82) is 0 Å². The molecule has 0 bridgehead atoms. The Hall–Kier alpha value is -1.09. The summed E-state index contributed by atoms with van der Waals surface area (Å²) in [7, 11) is 0. The Balaban J connectivity index is 2.35. The van der Waals surface area contributed by atoms with Gasteiger partial charge in [-0.2, -0.15) is 0 Å². The maximum Gasteiger partial charge on any atom is 0.155 e. The van der Waals surface area contributed by atoms with Gasteiger partial charge >= 0.3 is 0 Å². The van der Waals surface area contributed by atoms with Crippen LogP contribution in [0.3, 0.4) is 0 Å². The van der Waals surface area contributed by atoms with Gasteiger partial charge in [-0.05, 0) is 24.3 Å². The van der Waals surface area contributed by atoms with E-state index in [2.05, 4.69) is 22.0 Å². The molecule has 0 radical (unpaired) electrons. The third kappa shape index (κ3) is 2.19. The second-order valence-corrected chi connectivity index (χ2v) is 5.18. The molecule has 1 aromatic heterocycles. The molecule has 0 amide bonds. The van der Waals surface area contributed by atoms with Crippen LogP contribution in [-0.4, -0.2) is 10.4 Å². The molecule has 3 heteroatoms. The van der Waals surface area contributed by atoms with Crippen LogP contribution < -0.4 is 0 Å². The Morgan fingerprint density at radius 3 is 2.81 bits per heavy atom. The summed E-state index contributed by atoms with van der Waals surface area (Å²) in [4.78, 5) is 11.7. The third-order valence-electron chi connectivity index (χ3n) is 2.70. The van der Waals surface area contributed by atoms with E-state index >= 15 is 0 Å². The first-order chi connectivity index (χ1) is 7.58. The van der Waals surface area contributed by atoms with E-state index in [1.807, 2.05) is 42.8 Å². The molecule has 0 aliphatic heterocycles. The molecule has 0 N–H and O–H groups in total. The van der Waals surface area contributed by atoms with Crippen molar-refractivity contribution in [3.05, 3.63) is 34.9 Å². The van der Waals surface area contributed by atoms with Gasteiger partial charge in [0, 0.05) is 27.5 Å². The van der Waals surface area contributed by atoms with E-state index in [-0.39, 0.29) is 11.7 Å². The number of nitrogens with zero attached hydrogens (tertiary/aromatic N) is 1. The van der Waals surface area contributed by atoms with Crippen LogP contribution in [0.2, 0.25) is 0 Å². The van der Waals surface area contributed by atoms with Crippen LogP contribution in [0.1, 0.15) is 13.8 Å². The average molecular weight is 280 g/mol. The maximum absolute atomic E-state index is 11.7. The molecule has 0 fully saturated rings. The van der Waals surface area contributed by atoms with Crippen LogP contribution in [0.4, 0.5) is 0 Å². The molecule has 16 heavy (non-hydrogen) atoms. The van der Waals surface area contributed by atoms with Gasteiger partial charge in [0.25, 0.3) is 0 Å². The number of hydrogen-bond donors (Lipinski definition) is 0. The average Bonchev–Trinajstić information content (AvgIpc) is 2.60. The van der Waals surface area contributed by atoms with Gasteiger partial charge in [-0.25, -0.2) is 0 Å². The minimum absolute atomic E-state index is 0.0906. The van der Waals surface area contributed by atoms with Gasteiger partial charge in [0.05, 0.1) is 6.54 Å². The SMILES string of the molecule is CC(C)C(=O)Cn1ccc2cc(Br)ccc21. The molecule has 1 aromatic carbocycles. The zero-order chi connectivity index (χ0) is 11.7. The number of aromatic nitrogens is 1. The van der Waals surface area contributed by atoms with Crippen molar-refractivity contribution in [2.45, 2.75) is 20.4 Å². The molecule has 0 atom stereocenters. The lowest BCUT2D eigenvalue weighted by Crippen LogP contribution is -2.14. The monoisotopic (exact) mass is 279 g/mol. The predicted molar refractivity (Wildman–Crippen MR) is 69.5 cm³/mol. The van der Waals surface area contributed by atoms with E-state index in [1.54, 1.807) is 0 Å². The second-order valence-electron chi connectivity index (χ2n) is 4.27. The molecule has 2 aromatic rings. The van der Waals surface area contributed by atoms with Crippen molar-refractivity contribution < 1.29 is 4.79 Å². The lowest BCUT2D eigenvalue weighted by atomic mass is 10.1. The van der Waals surface area contributed by atoms with Gasteiger partial charge in [0.1, 0.15) is 0 Å². The number of benzene rings is 1. The molecule has 0 saturated heterocycles. The summed E-state index contributed by atoms with van der Waals surface area (Å²) in [5.74, 6) is 0.355. The quantitative estimate of drug-likeness (QED) is 0.841. The molecular formula is C13H14BrNO. The normalized spacial score (nSPS) is 11.2. The molecule has 0 spiro atoms. The van der Waals surface area contributed by atoms with Crippen LogP contribution in [0.25, 0.3) is 10.9 Å². The molecule has 84 valence electrons. The molecule has 0 aliphatic carbocycles. The van der Waals surface area contributed by atoms with Gasteiger partial charge < -0.3 is 4.57 Å². The summed E-state index contributed by atoms with van der Waals surface area (Å²) in [6, 6.07) is 8.13. The van der Waals surface area contributed by atoms with Gasteiger partial charge in [0.2, 0.25) is 0 Å². The van der Waals surface area contributed by atoms with Crippen LogP contribution >= 0.6 is 15.9 Å². The zero-order valence-electron chi connectivity index (χ0n) is 9.40. The highest BCUT2D eigenvalue weighted by molar-refractivity contribution is 9.10. The fraction of sp³-hybridized carbons (Fsp3) is 0.308. The molecular weight excluding hydrogens is 266 g/mol. The van der Waals surface area contributed by atoms with Crippen molar-refractivity contribution in [3.8, 4) is 0 Å². The number of Topliss-reactive ketones (excluding diaryl/α,β-unsaturated/α-hetero) is 1. The maximum atomic E-state index is 11.7. The van der Waals surface area contributed by atoms with Gasteiger partial charge in [-0.15, -0.1) is 0 Å². The molecule has 0 saturated carbocycles. The molecule has 0 unspecified atom stereocenters. The zero-order valence-corrected chi connectivity index (χ0v) is 11.0. The first-order valence-electron chi connectivity index (χ1n) is 5.35. The largest absolute Gasteiger partial charge is 0.340 e. The number of ketones is 1. The summed E-state index contributed by atoms with van der Waals surface area (Å²) >= 11 is 3.44. The van der Waals surface area contributed by atoms with E-state index < -0.39 is 0 Å². The van der Waals surface area contributed by atoms with Gasteiger partial charge in [0.15, 0.2) is 5.78 Å². The Labute approximate surface area is 103 Å². The highest BCUT2D eigenvalue weighted by Crippen LogP contribution is 2.21. The smallest absolute Gasteiger partial charge is 0.155 e. The van der Waals surface area contributed by atoms with Gasteiger partial charge in [-0.3, -0.25) is 4.79 Å². The van der Waals surface area contributed by atoms with E-state index in [9.17, 15) is 4.79 Å². The number of hydrogen-bond acceptors (Lipinski definition) is 1. The van der Waals surface area contributed by atoms with E-state index in [0.29, 0.717) is 6.54 Å². The lowest BCUT2D eigenvalue weighted by Gasteiger charge is -2.07. The van der Waals surface area contributed by atoms with Crippen LogP contribution in [0, 0.1) is 5.92 Å². The Kier molecular flexibility index (Phi) is 3.15. The standard InChI is InChI=1S/C13H14BrNO/c1-9(2)13(16)8-15-6-5-10-7-11(14)3-4-12(10)15/h3-7,9H,8H2,1-2H3. The topological polar surface area (TPSA) is 22.0 Å². The Morgan fingerprint density at radius 1 is 1.38 bits per heavy atom. The van der Waals surface area contributed by atoms with E-state index in [4.69, 9.17) is 0 Å². The first kappa shape index (κ1) is 11.4. The Bertz CT molecular complexity index is 528. The highest BCUT2D eigenvalue weighted by Gasteiger charge is 2.09. The summed E-state index contributed by atoms with van der Waals surface area (Å²) in [6.07, 6.45) is 1.97. The van der Waals surface area contributed by atoms with Crippen molar-refractivity contribution >= 4 is 32.6 Å². The second kappa shape index (κ2) is 4.42. The number of rotatable bonds is 3. The minimum atomic E-state index is 0.0906. The number of carbonyl (C=O) groups is 1. The van der Waals surface area contributed by atoms with E-state index in [1.165, 1.54) is 0 Å². The number of fused-ring (bicyclic) bond motifs is 1. The van der Waals surface area contributed by atoms with Crippen molar-refractivity contribution in [2.24, 2.45) is 5.92 Å². The fourth-order valence-corrected chi connectivity index (χ4v) is 2.04. The van der Waals surface area contributed by atoms with Crippen LogP contribution in [0.5, 0.6) is 0 Å². The summed E-state index contributed by atoms with van der Waals surface area (Å²) in [6.45, 7) is 4.33. The minimum Gasteiger partial charge on any atom is -0.340 e. The Morgan fingerprint density at radius 2 is 2.12 bits per heavy atom. The van der Waals surface area contributed by atoms with Crippen LogP contribution in [-0.2, 0) is 11.3 Å². The number of carbonyl (C=O) groups excluding carboxylic acids is 1. The number of halogens is 1. The molecule has 2 nitrogen and oxygen atoms in total.